The van der Waals surface area contributed by atoms with Crippen molar-refractivity contribution in [3.05, 3.63) is 112 Å². The molecule has 40 heavy (non-hydrogen) atoms. The van der Waals surface area contributed by atoms with Gasteiger partial charge in [-0.05, 0) is 78.3 Å². The van der Waals surface area contributed by atoms with Crippen molar-refractivity contribution in [3.8, 4) is 17.8 Å². The molecule has 200 valence electrons. The molecule has 1 aliphatic carbocycles. The van der Waals surface area contributed by atoms with Gasteiger partial charge in [-0.2, -0.15) is 15.6 Å². The third-order valence-corrected chi connectivity index (χ3v) is 7.27. The molecule has 8 nitrogen and oxygen atoms in total. The SMILES string of the molecule is N#Cc1ccc(C(CC(N)C2CC2)c2ccc(F)c(NC(=O)c3cc(C#N)nn3-c3cccc(CN)c3)c2)cc1. The number of nitrogens with zero attached hydrogens (tertiary/aromatic N) is 4. The number of carbonyl (C=O) groups excluding carboxylic acids is 1. The summed E-state index contributed by atoms with van der Waals surface area (Å²) in [7, 11) is 0. The lowest BCUT2D eigenvalue weighted by molar-refractivity contribution is 0.101. The van der Waals surface area contributed by atoms with E-state index < -0.39 is 11.7 Å². The van der Waals surface area contributed by atoms with E-state index in [2.05, 4.69) is 16.5 Å². The Morgan fingerprint density at radius 3 is 2.48 bits per heavy atom. The summed E-state index contributed by atoms with van der Waals surface area (Å²) in [5.41, 5.74) is 16.1. The number of hydrogen-bond donors (Lipinski definition) is 3. The summed E-state index contributed by atoms with van der Waals surface area (Å²) < 4.78 is 16.4. The van der Waals surface area contributed by atoms with Crippen LogP contribution >= 0.6 is 0 Å². The minimum absolute atomic E-state index is 0.00287. The monoisotopic (exact) mass is 533 g/mol. The van der Waals surface area contributed by atoms with Crippen LogP contribution in [-0.2, 0) is 6.54 Å². The topological polar surface area (TPSA) is 147 Å². The zero-order valence-corrected chi connectivity index (χ0v) is 21.7. The quantitative estimate of drug-likeness (QED) is 0.284. The van der Waals surface area contributed by atoms with Crippen molar-refractivity contribution in [1.29, 1.82) is 10.5 Å². The molecule has 1 aromatic heterocycles. The molecule has 0 aliphatic heterocycles. The van der Waals surface area contributed by atoms with Crippen LogP contribution in [0.1, 0.15) is 63.6 Å². The normalized spacial score (nSPS) is 14.1. The number of benzene rings is 3. The first-order valence-electron chi connectivity index (χ1n) is 13.1. The number of nitrogens with two attached hydrogens (primary N) is 2. The Morgan fingerprint density at radius 2 is 1.80 bits per heavy atom. The number of halogens is 1. The van der Waals surface area contributed by atoms with Crippen LogP contribution in [0.5, 0.6) is 0 Å². The first-order chi connectivity index (χ1) is 19.4. The number of nitrogens with one attached hydrogen (secondary N) is 1. The first-order valence-corrected chi connectivity index (χ1v) is 13.1. The molecule has 5 N–H and O–H groups in total. The number of amides is 1. The standard InChI is InChI=1S/C31H28FN7O/c32-27-11-10-23(26(15-28(36)22-8-9-22)21-6-4-19(16-33)5-7-21)13-29(27)37-31(40)30-14-24(18-35)38-39(30)25-3-1-2-20(12-25)17-34/h1-7,10-14,22,26,28H,8-9,15,17,34,36H2,(H,37,40). The average Bonchev–Trinajstić information content (AvgIpc) is 3.75. The van der Waals surface area contributed by atoms with Crippen LogP contribution in [0, 0.1) is 34.4 Å². The van der Waals surface area contributed by atoms with Crippen molar-refractivity contribution < 1.29 is 9.18 Å². The molecule has 0 bridgehead atoms. The number of aromatic nitrogens is 2. The van der Waals surface area contributed by atoms with E-state index in [1.165, 1.54) is 16.8 Å². The van der Waals surface area contributed by atoms with Gasteiger partial charge in [0, 0.05) is 24.6 Å². The van der Waals surface area contributed by atoms with Gasteiger partial charge in [-0.15, -0.1) is 0 Å². The smallest absolute Gasteiger partial charge is 0.274 e. The molecule has 3 aromatic carbocycles. The van der Waals surface area contributed by atoms with E-state index in [9.17, 15) is 15.3 Å². The number of rotatable bonds is 9. The maximum absolute atomic E-state index is 15.0. The molecule has 1 heterocycles. The minimum atomic E-state index is -0.618. The maximum atomic E-state index is 15.0. The maximum Gasteiger partial charge on any atom is 0.274 e. The molecule has 1 amide bonds. The van der Waals surface area contributed by atoms with Crippen LogP contribution in [0.4, 0.5) is 10.1 Å². The van der Waals surface area contributed by atoms with Crippen molar-refractivity contribution in [2.45, 2.75) is 37.8 Å². The van der Waals surface area contributed by atoms with E-state index in [0.29, 0.717) is 30.1 Å². The molecule has 9 heteroatoms. The molecule has 1 aliphatic rings. The van der Waals surface area contributed by atoms with Crippen molar-refractivity contribution in [3.63, 3.8) is 0 Å². The molecule has 2 unspecified atom stereocenters. The Kier molecular flexibility index (Phi) is 7.70. The van der Waals surface area contributed by atoms with Crippen LogP contribution in [-0.4, -0.2) is 21.7 Å². The molecule has 1 fully saturated rings. The number of anilines is 1. The van der Waals surface area contributed by atoms with E-state index in [0.717, 1.165) is 29.5 Å². The Balaban J connectivity index is 1.47. The summed E-state index contributed by atoms with van der Waals surface area (Å²) in [6, 6.07) is 24.5. The highest BCUT2D eigenvalue weighted by Crippen LogP contribution is 2.39. The van der Waals surface area contributed by atoms with E-state index in [1.807, 2.05) is 24.3 Å². The van der Waals surface area contributed by atoms with Gasteiger partial charge in [-0.3, -0.25) is 4.79 Å². The van der Waals surface area contributed by atoms with Gasteiger partial charge >= 0.3 is 0 Å². The highest BCUT2D eigenvalue weighted by Gasteiger charge is 2.31. The fourth-order valence-corrected chi connectivity index (χ4v) is 4.89. The second-order valence-corrected chi connectivity index (χ2v) is 10.0. The second-order valence-electron chi connectivity index (χ2n) is 10.0. The second kappa shape index (κ2) is 11.5. The van der Waals surface area contributed by atoms with E-state index in [1.54, 1.807) is 42.5 Å². The van der Waals surface area contributed by atoms with Gasteiger partial charge in [0.25, 0.3) is 5.91 Å². The predicted molar refractivity (Wildman–Crippen MR) is 149 cm³/mol. The van der Waals surface area contributed by atoms with E-state index >= 15 is 4.39 Å². The van der Waals surface area contributed by atoms with Gasteiger partial charge in [-0.1, -0.05) is 30.3 Å². The Hall–Kier alpha value is -4.83. The van der Waals surface area contributed by atoms with Crippen molar-refractivity contribution in [2.75, 3.05) is 5.32 Å². The molecule has 0 saturated heterocycles. The van der Waals surface area contributed by atoms with Gasteiger partial charge < -0.3 is 16.8 Å². The summed E-state index contributed by atoms with van der Waals surface area (Å²) in [4.78, 5) is 13.4. The van der Waals surface area contributed by atoms with Gasteiger partial charge in [0.15, 0.2) is 5.69 Å². The van der Waals surface area contributed by atoms with Gasteiger partial charge in [0.2, 0.25) is 0 Å². The fraction of sp³-hybridized carbons (Fsp3) is 0.226. The van der Waals surface area contributed by atoms with Crippen LogP contribution in [0.25, 0.3) is 5.69 Å². The van der Waals surface area contributed by atoms with Gasteiger partial charge in [0.1, 0.15) is 17.6 Å². The zero-order chi connectivity index (χ0) is 28.2. The third-order valence-electron chi connectivity index (χ3n) is 7.27. The summed E-state index contributed by atoms with van der Waals surface area (Å²) >= 11 is 0. The lowest BCUT2D eigenvalue weighted by Gasteiger charge is -2.23. The molecule has 5 rings (SSSR count). The Bertz CT molecular complexity index is 1630. The Morgan fingerprint density at radius 1 is 1.05 bits per heavy atom. The predicted octanol–water partition coefficient (Wildman–Crippen LogP) is 4.73. The third kappa shape index (κ3) is 5.76. The lowest BCUT2D eigenvalue weighted by Crippen LogP contribution is -2.25. The highest BCUT2D eigenvalue weighted by molar-refractivity contribution is 6.03. The van der Waals surface area contributed by atoms with E-state index in [4.69, 9.17) is 11.5 Å². The summed E-state index contributed by atoms with van der Waals surface area (Å²) in [5, 5.41) is 25.5. The molecule has 4 aromatic rings. The van der Waals surface area contributed by atoms with Gasteiger partial charge in [0.05, 0.1) is 23.0 Å². The number of nitriles is 2. The van der Waals surface area contributed by atoms with Crippen molar-refractivity contribution in [2.24, 2.45) is 17.4 Å². The average molecular weight is 534 g/mol. The molecular formula is C31H28FN7O. The van der Waals surface area contributed by atoms with Crippen molar-refractivity contribution >= 4 is 11.6 Å². The van der Waals surface area contributed by atoms with Crippen LogP contribution in [0.3, 0.4) is 0 Å². The number of hydrogen-bond acceptors (Lipinski definition) is 6. The van der Waals surface area contributed by atoms with Crippen LogP contribution in [0.15, 0.2) is 72.8 Å². The van der Waals surface area contributed by atoms with Crippen LogP contribution < -0.4 is 16.8 Å². The number of carbonyl (C=O) groups is 1. The van der Waals surface area contributed by atoms with Crippen molar-refractivity contribution in [1.82, 2.24) is 9.78 Å². The zero-order valence-electron chi connectivity index (χ0n) is 21.7. The Labute approximate surface area is 231 Å². The molecule has 0 spiro atoms. The molecular weight excluding hydrogens is 505 g/mol. The summed E-state index contributed by atoms with van der Waals surface area (Å²) in [6.45, 7) is 0.296. The van der Waals surface area contributed by atoms with Crippen LogP contribution in [0.2, 0.25) is 0 Å². The molecule has 2 atom stereocenters. The summed E-state index contributed by atoms with van der Waals surface area (Å²) in [5.74, 6) is -0.908. The van der Waals surface area contributed by atoms with E-state index in [-0.39, 0.29) is 29.0 Å². The first kappa shape index (κ1) is 26.8. The fourth-order valence-electron chi connectivity index (χ4n) is 4.89. The lowest BCUT2D eigenvalue weighted by atomic mass is 9.84. The molecule has 0 radical (unpaired) electrons. The van der Waals surface area contributed by atoms with Gasteiger partial charge in [-0.25, -0.2) is 9.07 Å². The summed E-state index contributed by atoms with van der Waals surface area (Å²) in [6.07, 6.45) is 2.84. The largest absolute Gasteiger partial charge is 0.327 e. The highest BCUT2D eigenvalue weighted by atomic mass is 19.1. The molecule has 1 saturated carbocycles. The minimum Gasteiger partial charge on any atom is -0.327 e.